The molecule has 1 aromatic rings. The Hall–Kier alpha value is -1.62. The summed E-state index contributed by atoms with van der Waals surface area (Å²) in [7, 11) is 0. The number of aliphatic hydroxyl groups is 1. The van der Waals surface area contributed by atoms with E-state index in [1.54, 1.807) is 0 Å². The summed E-state index contributed by atoms with van der Waals surface area (Å²) in [5, 5.41) is 19.5. The van der Waals surface area contributed by atoms with Gasteiger partial charge in [-0.25, -0.2) is 0 Å². The van der Waals surface area contributed by atoms with Gasteiger partial charge in [0.15, 0.2) is 0 Å². The third-order valence-electron chi connectivity index (χ3n) is 3.00. The number of carbonyl (C=O) groups excluding carboxylic acids is 1. The minimum atomic E-state index is -0.743. The number of rotatable bonds is 3. The second-order valence-electron chi connectivity index (χ2n) is 4.53. The van der Waals surface area contributed by atoms with E-state index < -0.39 is 5.60 Å². The van der Waals surface area contributed by atoms with Crippen molar-refractivity contribution in [1.82, 2.24) is 9.88 Å². The smallest absolute Gasteiger partial charge is 0.257 e. The first-order valence-electron chi connectivity index (χ1n) is 5.70. The molecule has 0 unspecified atom stereocenters. The fourth-order valence-electron chi connectivity index (χ4n) is 2.17. The maximum Gasteiger partial charge on any atom is 0.257 e. The summed E-state index contributed by atoms with van der Waals surface area (Å²) >= 11 is 0. The van der Waals surface area contributed by atoms with Crippen LogP contribution in [0.5, 0.6) is 5.75 Å². The van der Waals surface area contributed by atoms with Gasteiger partial charge in [0.2, 0.25) is 0 Å². The highest BCUT2D eigenvalue weighted by molar-refractivity contribution is 5.97. The average Bonchev–Trinajstić information content (AvgIpc) is 2.26. The average molecular weight is 236 g/mol. The summed E-state index contributed by atoms with van der Waals surface area (Å²) < 4.78 is 0. The first-order chi connectivity index (χ1) is 8.06. The van der Waals surface area contributed by atoms with Gasteiger partial charge in [0.25, 0.3) is 5.91 Å². The molecule has 2 heterocycles. The lowest BCUT2D eigenvalue weighted by Crippen LogP contribution is -2.63. The summed E-state index contributed by atoms with van der Waals surface area (Å²) in [5.41, 5.74) is -0.508. The standard InChI is InChI=1S/C12H16N2O3/c1-2-4-12(17)7-14(8-12)11(16)9-3-5-13-6-10(9)15/h3,5-6,15,17H,2,4,7-8H2,1H3. The number of aromatic nitrogens is 1. The monoisotopic (exact) mass is 236 g/mol. The van der Waals surface area contributed by atoms with Crippen LogP contribution in [0.2, 0.25) is 0 Å². The zero-order valence-corrected chi connectivity index (χ0v) is 9.76. The van der Waals surface area contributed by atoms with E-state index >= 15 is 0 Å². The highest BCUT2D eigenvalue weighted by Crippen LogP contribution is 2.28. The van der Waals surface area contributed by atoms with Crippen molar-refractivity contribution in [1.29, 1.82) is 0 Å². The summed E-state index contributed by atoms with van der Waals surface area (Å²) in [5.74, 6) is -0.380. The van der Waals surface area contributed by atoms with E-state index in [2.05, 4.69) is 4.98 Å². The molecule has 0 spiro atoms. The molecule has 92 valence electrons. The van der Waals surface area contributed by atoms with Gasteiger partial charge in [-0.1, -0.05) is 13.3 Å². The zero-order chi connectivity index (χ0) is 12.5. The van der Waals surface area contributed by atoms with Crippen molar-refractivity contribution >= 4 is 5.91 Å². The third-order valence-corrected chi connectivity index (χ3v) is 3.00. The van der Waals surface area contributed by atoms with Gasteiger partial charge >= 0.3 is 0 Å². The van der Waals surface area contributed by atoms with E-state index in [4.69, 9.17) is 0 Å². The van der Waals surface area contributed by atoms with Gasteiger partial charge in [-0.3, -0.25) is 9.78 Å². The van der Waals surface area contributed by atoms with Crippen LogP contribution in [-0.2, 0) is 0 Å². The summed E-state index contributed by atoms with van der Waals surface area (Å²) in [6.07, 6.45) is 4.29. The van der Waals surface area contributed by atoms with Crippen LogP contribution >= 0.6 is 0 Å². The van der Waals surface area contributed by atoms with Crippen LogP contribution in [0.4, 0.5) is 0 Å². The molecular formula is C12H16N2O3. The largest absolute Gasteiger partial charge is 0.505 e. The van der Waals surface area contributed by atoms with E-state index in [1.165, 1.54) is 23.4 Å². The second-order valence-corrected chi connectivity index (χ2v) is 4.53. The molecule has 1 amide bonds. The Morgan fingerprint density at radius 1 is 1.59 bits per heavy atom. The summed E-state index contributed by atoms with van der Waals surface area (Å²) in [6.45, 7) is 2.67. The van der Waals surface area contributed by atoms with Crippen molar-refractivity contribution in [3.63, 3.8) is 0 Å². The van der Waals surface area contributed by atoms with Crippen molar-refractivity contribution in [2.24, 2.45) is 0 Å². The molecule has 0 atom stereocenters. The molecule has 2 N–H and O–H groups in total. The van der Waals surface area contributed by atoms with E-state index in [1.807, 2.05) is 6.92 Å². The lowest BCUT2D eigenvalue weighted by molar-refractivity contribution is -0.0860. The van der Waals surface area contributed by atoms with Gasteiger partial charge in [-0.2, -0.15) is 0 Å². The molecule has 17 heavy (non-hydrogen) atoms. The molecule has 5 heteroatoms. The zero-order valence-electron chi connectivity index (χ0n) is 9.76. The molecule has 1 saturated heterocycles. The predicted octanol–water partition coefficient (Wildman–Crippen LogP) is 0.774. The quantitative estimate of drug-likeness (QED) is 0.813. The molecular weight excluding hydrogens is 220 g/mol. The van der Waals surface area contributed by atoms with E-state index in [9.17, 15) is 15.0 Å². The number of β-amino-alcohol motifs (C(OH)–C–C–N with tert-alkyl or cyclic N) is 1. The molecule has 1 aliphatic rings. The minimum absolute atomic E-state index is 0.122. The molecule has 0 aliphatic carbocycles. The highest BCUT2D eigenvalue weighted by atomic mass is 16.3. The lowest BCUT2D eigenvalue weighted by atomic mass is 9.89. The maximum absolute atomic E-state index is 12.0. The normalized spacial score (nSPS) is 17.6. The summed E-state index contributed by atoms with van der Waals surface area (Å²) in [6, 6.07) is 1.48. The Kier molecular flexibility index (Phi) is 3.02. The lowest BCUT2D eigenvalue weighted by Gasteiger charge is -2.46. The van der Waals surface area contributed by atoms with Crippen molar-refractivity contribution in [2.45, 2.75) is 25.4 Å². The van der Waals surface area contributed by atoms with Crippen LogP contribution in [0.3, 0.4) is 0 Å². The fraction of sp³-hybridized carbons (Fsp3) is 0.500. The van der Waals surface area contributed by atoms with Crippen molar-refractivity contribution in [2.75, 3.05) is 13.1 Å². The molecule has 0 radical (unpaired) electrons. The van der Waals surface area contributed by atoms with Crippen LogP contribution in [-0.4, -0.2) is 44.7 Å². The van der Waals surface area contributed by atoms with Gasteiger partial charge in [0.05, 0.1) is 30.5 Å². The van der Waals surface area contributed by atoms with Crippen LogP contribution in [0.15, 0.2) is 18.5 Å². The van der Waals surface area contributed by atoms with Gasteiger partial charge in [-0.05, 0) is 12.5 Å². The van der Waals surface area contributed by atoms with Gasteiger partial charge in [-0.15, -0.1) is 0 Å². The van der Waals surface area contributed by atoms with Crippen LogP contribution < -0.4 is 0 Å². The Balaban J connectivity index is 2.03. The van der Waals surface area contributed by atoms with E-state index in [0.29, 0.717) is 19.5 Å². The van der Waals surface area contributed by atoms with Crippen molar-refractivity contribution in [3.05, 3.63) is 24.0 Å². The number of aromatic hydroxyl groups is 1. The minimum Gasteiger partial charge on any atom is -0.505 e. The molecule has 0 bridgehead atoms. The predicted molar refractivity (Wildman–Crippen MR) is 61.7 cm³/mol. The molecule has 0 aromatic carbocycles. The Bertz CT molecular complexity index is 428. The Morgan fingerprint density at radius 3 is 2.88 bits per heavy atom. The topological polar surface area (TPSA) is 73.7 Å². The van der Waals surface area contributed by atoms with Crippen LogP contribution in [0.1, 0.15) is 30.1 Å². The first kappa shape index (κ1) is 11.9. The fourth-order valence-corrected chi connectivity index (χ4v) is 2.17. The number of likely N-dealkylation sites (tertiary alicyclic amines) is 1. The Morgan fingerprint density at radius 2 is 2.29 bits per heavy atom. The van der Waals surface area contributed by atoms with Crippen LogP contribution in [0.25, 0.3) is 0 Å². The molecule has 1 aliphatic heterocycles. The van der Waals surface area contributed by atoms with Crippen molar-refractivity contribution in [3.8, 4) is 5.75 Å². The first-order valence-corrected chi connectivity index (χ1v) is 5.70. The maximum atomic E-state index is 12.0. The third kappa shape index (κ3) is 2.24. The molecule has 1 aromatic heterocycles. The number of amides is 1. The number of hydrogen-bond donors (Lipinski definition) is 2. The van der Waals surface area contributed by atoms with Gasteiger partial charge in [0.1, 0.15) is 5.75 Å². The molecule has 0 saturated carbocycles. The second kappa shape index (κ2) is 4.33. The SMILES string of the molecule is CCCC1(O)CN(C(=O)c2ccncc2O)C1. The summed E-state index contributed by atoms with van der Waals surface area (Å²) in [4.78, 5) is 17.2. The highest BCUT2D eigenvalue weighted by Gasteiger charge is 2.43. The molecule has 1 fully saturated rings. The number of hydrogen-bond acceptors (Lipinski definition) is 4. The Labute approximate surface area is 99.7 Å². The number of carbonyl (C=O) groups is 1. The number of pyridine rings is 1. The molecule has 2 rings (SSSR count). The van der Waals surface area contributed by atoms with Gasteiger partial charge in [0, 0.05) is 6.20 Å². The number of nitrogens with zero attached hydrogens (tertiary/aromatic N) is 2. The van der Waals surface area contributed by atoms with Gasteiger partial charge < -0.3 is 15.1 Å². The molecule has 5 nitrogen and oxygen atoms in total. The van der Waals surface area contributed by atoms with Crippen molar-refractivity contribution < 1.29 is 15.0 Å². The van der Waals surface area contributed by atoms with E-state index in [-0.39, 0.29) is 17.2 Å². The van der Waals surface area contributed by atoms with E-state index in [0.717, 1.165) is 6.42 Å². The van der Waals surface area contributed by atoms with Crippen LogP contribution in [0, 0.1) is 0 Å².